The molecule has 0 bridgehead atoms. The molecule has 20 heavy (non-hydrogen) atoms. The quantitative estimate of drug-likeness (QED) is 0.631. The molecule has 0 aliphatic carbocycles. The molecular formula is C12H18N4O3S. The number of aromatic amines is 1. The van der Waals surface area contributed by atoms with Crippen LogP contribution in [0.5, 0.6) is 0 Å². The van der Waals surface area contributed by atoms with Gasteiger partial charge in [-0.25, -0.2) is 13.1 Å². The first-order chi connectivity index (χ1) is 9.62. The van der Waals surface area contributed by atoms with E-state index in [-0.39, 0.29) is 11.4 Å². The van der Waals surface area contributed by atoms with Crippen LogP contribution >= 0.6 is 0 Å². The zero-order chi connectivity index (χ0) is 14.4. The van der Waals surface area contributed by atoms with Crippen LogP contribution in [0.1, 0.15) is 24.8 Å². The lowest BCUT2D eigenvalue weighted by molar-refractivity contribution is 0.380. The van der Waals surface area contributed by atoms with Gasteiger partial charge in [-0.3, -0.25) is 0 Å². The molecule has 0 saturated carbocycles. The molecule has 0 aliphatic heterocycles. The van der Waals surface area contributed by atoms with E-state index in [9.17, 15) is 8.42 Å². The van der Waals surface area contributed by atoms with Crippen molar-refractivity contribution in [2.75, 3.05) is 6.54 Å². The summed E-state index contributed by atoms with van der Waals surface area (Å²) >= 11 is 0. The minimum Gasteiger partial charge on any atom is -0.363 e. The topological polar surface area (TPSA) is 100 Å². The maximum absolute atomic E-state index is 12.1. The summed E-state index contributed by atoms with van der Waals surface area (Å²) in [4.78, 5) is 3.16. The van der Waals surface area contributed by atoms with Gasteiger partial charge in [-0.2, -0.15) is 0 Å². The average molecular weight is 298 g/mol. The summed E-state index contributed by atoms with van der Waals surface area (Å²) in [6.45, 7) is 3.66. The van der Waals surface area contributed by atoms with E-state index in [2.05, 4.69) is 27.1 Å². The largest absolute Gasteiger partial charge is 0.363 e. The van der Waals surface area contributed by atoms with Gasteiger partial charge in [0, 0.05) is 24.5 Å². The molecule has 0 radical (unpaired) electrons. The van der Waals surface area contributed by atoms with Crippen LogP contribution in [0.15, 0.2) is 33.9 Å². The SMILES string of the molecule is CCCNCc1cc(S(=O)(=O)NCc2ccno2)c[nH]1. The maximum Gasteiger partial charge on any atom is 0.242 e. The first-order valence-electron chi connectivity index (χ1n) is 6.39. The van der Waals surface area contributed by atoms with E-state index in [1.54, 1.807) is 12.1 Å². The van der Waals surface area contributed by atoms with Crippen molar-refractivity contribution in [1.29, 1.82) is 0 Å². The van der Waals surface area contributed by atoms with Gasteiger partial charge in [-0.15, -0.1) is 0 Å². The van der Waals surface area contributed by atoms with Crippen LogP contribution in [0.2, 0.25) is 0 Å². The molecule has 0 atom stereocenters. The number of aromatic nitrogens is 2. The zero-order valence-electron chi connectivity index (χ0n) is 11.2. The van der Waals surface area contributed by atoms with Crippen molar-refractivity contribution in [3.05, 3.63) is 36.0 Å². The Bertz CT molecular complexity index is 619. The van der Waals surface area contributed by atoms with E-state index in [1.165, 1.54) is 12.4 Å². The smallest absolute Gasteiger partial charge is 0.242 e. The highest BCUT2D eigenvalue weighted by Crippen LogP contribution is 2.11. The molecule has 0 aliphatic rings. The van der Waals surface area contributed by atoms with E-state index >= 15 is 0 Å². The number of sulfonamides is 1. The Morgan fingerprint density at radius 2 is 2.25 bits per heavy atom. The number of nitrogens with zero attached hydrogens (tertiary/aromatic N) is 1. The van der Waals surface area contributed by atoms with Crippen molar-refractivity contribution in [2.24, 2.45) is 0 Å². The minimum absolute atomic E-state index is 0.0803. The van der Waals surface area contributed by atoms with Crippen molar-refractivity contribution in [1.82, 2.24) is 20.2 Å². The number of nitrogens with one attached hydrogen (secondary N) is 3. The molecule has 2 rings (SSSR count). The van der Waals surface area contributed by atoms with Crippen LogP contribution < -0.4 is 10.0 Å². The third-order valence-electron chi connectivity index (χ3n) is 2.70. The lowest BCUT2D eigenvalue weighted by Gasteiger charge is -2.02. The van der Waals surface area contributed by atoms with Crippen LogP contribution in [0, 0.1) is 0 Å². The van der Waals surface area contributed by atoms with Gasteiger partial charge in [0.15, 0.2) is 5.76 Å². The lowest BCUT2D eigenvalue weighted by Crippen LogP contribution is -2.22. The van der Waals surface area contributed by atoms with E-state index in [1.807, 2.05) is 0 Å². The van der Waals surface area contributed by atoms with Gasteiger partial charge in [-0.05, 0) is 19.0 Å². The first-order valence-corrected chi connectivity index (χ1v) is 7.87. The summed E-state index contributed by atoms with van der Waals surface area (Å²) in [5.74, 6) is 0.467. The molecule has 0 fully saturated rings. The second kappa shape index (κ2) is 6.69. The van der Waals surface area contributed by atoms with E-state index in [0.717, 1.165) is 18.7 Å². The van der Waals surface area contributed by atoms with Crippen LogP contribution in [-0.4, -0.2) is 25.1 Å². The molecule has 0 amide bonds. The third-order valence-corrected chi connectivity index (χ3v) is 4.08. The summed E-state index contributed by atoms with van der Waals surface area (Å²) in [6, 6.07) is 3.23. The molecule has 0 spiro atoms. The second-order valence-electron chi connectivity index (χ2n) is 4.34. The van der Waals surface area contributed by atoms with Crippen molar-refractivity contribution in [3.8, 4) is 0 Å². The Kier molecular flexibility index (Phi) is 4.94. The van der Waals surface area contributed by atoms with Crippen LogP contribution in [0.3, 0.4) is 0 Å². The van der Waals surface area contributed by atoms with Gasteiger partial charge in [0.2, 0.25) is 10.0 Å². The zero-order valence-corrected chi connectivity index (χ0v) is 12.0. The van der Waals surface area contributed by atoms with E-state index in [4.69, 9.17) is 4.52 Å². The van der Waals surface area contributed by atoms with Crippen LogP contribution in [0.25, 0.3) is 0 Å². The Morgan fingerprint density at radius 3 is 2.95 bits per heavy atom. The molecule has 2 aromatic rings. The predicted molar refractivity (Wildman–Crippen MR) is 73.3 cm³/mol. The summed E-state index contributed by atoms with van der Waals surface area (Å²) in [5, 5.41) is 6.72. The van der Waals surface area contributed by atoms with Gasteiger partial charge in [0.05, 0.1) is 17.6 Å². The van der Waals surface area contributed by atoms with Crippen LogP contribution in [-0.2, 0) is 23.1 Å². The summed E-state index contributed by atoms with van der Waals surface area (Å²) in [7, 11) is -3.54. The van der Waals surface area contributed by atoms with Crippen molar-refractivity contribution >= 4 is 10.0 Å². The number of hydrogen-bond donors (Lipinski definition) is 3. The van der Waals surface area contributed by atoms with Crippen molar-refractivity contribution < 1.29 is 12.9 Å². The second-order valence-corrected chi connectivity index (χ2v) is 6.11. The molecule has 0 saturated heterocycles. The highest BCUT2D eigenvalue weighted by atomic mass is 32.2. The fourth-order valence-electron chi connectivity index (χ4n) is 1.66. The van der Waals surface area contributed by atoms with Gasteiger partial charge in [0.25, 0.3) is 0 Å². The summed E-state index contributed by atoms with van der Waals surface area (Å²) in [6.07, 6.45) is 3.98. The summed E-state index contributed by atoms with van der Waals surface area (Å²) in [5.41, 5.74) is 0.832. The minimum atomic E-state index is -3.54. The third kappa shape index (κ3) is 3.92. The highest BCUT2D eigenvalue weighted by molar-refractivity contribution is 7.89. The predicted octanol–water partition coefficient (Wildman–Crippen LogP) is 0.981. The van der Waals surface area contributed by atoms with Crippen molar-refractivity contribution in [2.45, 2.75) is 31.3 Å². The number of H-pyrrole nitrogens is 1. The molecule has 0 unspecified atom stereocenters. The normalized spacial score (nSPS) is 11.8. The Labute approximate surface area is 117 Å². The summed E-state index contributed by atoms with van der Waals surface area (Å²) < 4.78 is 31.4. The van der Waals surface area contributed by atoms with Crippen LogP contribution in [0.4, 0.5) is 0 Å². The molecule has 0 aromatic carbocycles. The average Bonchev–Trinajstić information content (AvgIpc) is 3.08. The van der Waals surface area contributed by atoms with Gasteiger partial charge in [0.1, 0.15) is 0 Å². The Balaban J connectivity index is 1.95. The Morgan fingerprint density at radius 1 is 1.40 bits per heavy atom. The first kappa shape index (κ1) is 14.8. The Hall–Kier alpha value is -1.64. The maximum atomic E-state index is 12.1. The van der Waals surface area contributed by atoms with E-state index in [0.29, 0.717) is 12.3 Å². The van der Waals surface area contributed by atoms with Gasteiger partial charge >= 0.3 is 0 Å². The molecule has 2 aromatic heterocycles. The number of rotatable bonds is 8. The molecule has 8 heteroatoms. The standard InChI is InChI=1S/C12H18N4O3S/c1-2-4-13-7-10-6-12(9-14-10)20(17,18)16-8-11-3-5-15-19-11/h3,5-6,9,13-14,16H,2,4,7-8H2,1H3. The molecule has 7 nitrogen and oxygen atoms in total. The fourth-order valence-corrected chi connectivity index (χ4v) is 2.67. The molecule has 110 valence electrons. The molecular weight excluding hydrogens is 280 g/mol. The molecule has 2 heterocycles. The number of hydrogen-bond acceptors (Lipinski definition) is 5. The highest BCUT2D eigenvalue weighted by Gasteiger charge is 2.16. The lowest BCUT2D eigenvalue weighted by atomic mass is 10.4. The fraction of sp³-hybridized carbons (Fsp3) is 0.417. The monoisotopic (exact) mass is 298 g/mol. The van der Waals surface area contributed by atoms with Crippen molar-refractivity contribution in [3.63, 3.8) is 0 Å². The van der Waals surface area contributed by atoms with Gasteiger partial charge in [-0.1, -0.05) is 12.1 Å². The van der Waals surface area contributed by atoms with E-state index < -0.39 is 10.0 Å². The van der Waals surface area contributed by atoms with Gasteiger partial charge < -0.3 is 14.8 Å². The molecule has 3 N–H and O–H groups in total.